The summed E-state index contributed by atoms with van der Waals surface area (Å²) >= 11 is 3.20. The average molecular weight is 291 g/mol. The van der Waals surface area contributed by atoms with Crippen molar-refractivity contribution in [3.8, 4) is 0 Å². The summed E-state index contributed by atoms with van der Waals surface area (Å²) in [6.07, 6.45) is -1.25. The van der Waals surface area contributed by atoms with E-state index < -0.39 is 30.1 Å². The maximum Gasteiger partial charge on any atom is 0.314 e. The Morgan fingerprint density at radius 2 is 1.88 bits per heavy atom. The van der Waals surface area contributed by atoms with Gasteiger partial charge in [0.05, 0.1) is 0 Å². The molecule has 16 heavy (non-hydrogen) atoms. The quantitative estimate of drug-likeness (QED) is 0.908. The molecular weight excluding hydrogens is 282 g/mol. The molecule has 0 amide bonds. The van der Waals surface area contributed by atoms with Crippen LogP contribution >= 0.6 is 15.9 Å². The average Bonchev–Trinajstić information content (AvgIpc) is 2.14. The minimum absolute atomic E-state index is 0.424. The van der Waals surface area contributed by atoms with Crippen LogP contribution in [0.1, 0.15) is 18.4 Å². The number of carbonyl (C=O) groups is 1. The number of aliphatic carboxylic acids is 1. The number of carboxylic acid groups (broad SMARTS) is 1. The molecule has 0 heterocycles. The van der Waals surface area contributed by atoms with Crippen molar-refractivity contribution in [3.05, 3.63) is 34.3 Å². The van der Waals surface area contributed by atoms with Crippen molar-refractivity contribution in [1.82, 2.24) is 0 Å². The smallest absolute Gasteiger partial charge is 0.314 e. The normalized spacial score (nSPS) is 21.2. The molecule has 0 atom stereocenters. The third-order valence-corrected chi connectivity index (χ3v) is 3.61. The molecule has 2 rings (SSSR count). The molecule has 5 heteroatoms. The number of carboxylic acids is 1. The number of halogens is 3. The van der Waals surface area contributed by atoms with Gasteiger partial charge in [-0.05, 0) is 11.6 Å². The summed E-state index contributed by atoms with van der Waals surface area (Å²) < 4.78 is 26.4. The van der Waals surface area contributed by atoms with E-state index in [9.17, 15) is 13.6 Å². The zero-order chi connectivity index (χ0) is 12.0. The van der Waals surface area contributed by atoms with Gasteiger partial charge in [-0.2, -0.15) is 0 Å². The van der Waals surface area contributed by atoms with Crippen LogP contribution in [0.15, 0.2) is 28.7 Å². The molecule has 1 aromatic carbocycles. The fourth-order valence-electron chi connectivity index (χ4n) is 2.14. The first-order valence-corrected chi connectivity index (χ1v) is 5.53. The molecule has 2 nitrogen and oxygen atoms in total. The second-order valence-electron chi connectivity index (χ2n) is 4.08. The standard InChI is InChI=1S/C11H9BrF2O2/c12-8-4-2-1-3-7(8)10(9(15)16)5-11(13,14)6-10/h1-4H,5-6H2,(H,15,16). The Morgan fingerprint density at radius 1 is 1.31 bits per heavy atom. The van der Waals surface area contributed by atoms with Gasteiger partial charge in [0.1, 0.15) is 5.41 Å². The molecule has 1 aliphatic carbocycles. The van der Waals surface area contributed by atoms with Crippen LogP contribution in [0.4, 0.5) is 8.78 Å². The summed E-state index contributed by atoms with van der Waals surface area (Å²) in [5.74, 6) is -4.06. The number of hydrogen-bond donors (Lipinski definition) is 1. The van der Waals surface area contributed by atoms with Crippen LogP contribution in [0.2, 0.25) is 0 Å². The molecular formula is C11H9BrF2O2. The van der Waals surface area contributed by atoms with Crippen LogP contribution < -0.4 is 0 Å². The summed E-state index contributed by atoms with van der Waals surface area (Å²) in [6.45, 7) is 0. The van der Waals surface area contributed by atoms with Crippen molar-refractivity contribution in [2.75, 3.05) is 0 Å². The minimum atomic E-state index is -2.87. The lowest BCUT2D eigenvalue weighted by Gasteiger charge is -2.44. The van der Waals surface area contributed by atoms with Crippen molar-refractivity contribution < 1.29 is 18.7 Å². The van der Waals surface area contributed by atoms with Crippen LogP contribution in [0.5, 0.6) is 0 Å². The Kier molecular flexibility index (Phi) is 2.53. The van der Waals surface area contributed by atoms with Gasteiger partial charge in [-0.3, -0.25) is 4.79 Å². The monoisotopic (exact) mass is 290 g/mol. The first-order valence-electron chi connectivity index (χ1n) is 4.74. The van der Waals surface area contributed by atoms with E-state index in [1.165, 1.54) is 0 Å². The van der Waals surface area contributed by atoms with Crippen molar-refractivity contribution in [2.24, 2.45) is 0 Å². The van der Waals surface area contributed by atoms with E-state index >= 15 is 0 Å². The lowest BCUT2D eigenvalue weighted by atomic mass is 9.62. The van der Waals surface area contributed by atoms with E-state index in [0.29, 0.717) is 10.0 Å². The van der Waals surface area contributed by atoms with E-state index in [-0.39, 0.29) is 0 Å². The fourth-order valence-corrected chi connectivity index (χ4v) is 2.80. The van der Waals surface area contributed by atoms with Gasteiger partial charge in [0.15, 0.2) is 0 Å². The Labute approximate surface area is 99.4 Å². The SMILES string of the molecule is O=C(O)C1(c2ccccc2Br)CC(F)(F)C1. The summed E-state index contributed by atoms with van der Waals surface area (Å²) in [7, 11) is 0. The molecule has 1 N–H and O–H groups in total. The van der Waals surface area contributed by atoms with Crippen molar-refractivity contribution in [2.45, 2.75) is 24.2 Å². The highest BCUT2D eigenvalue weighted by atomic mass is 79.9. The summed E-state index contributed by atoms with van der Waals surface area (Å²) in [5.41, 5.74) is -1.02. The van der Waals surface area contributed by atoms with Crippen LogP contribution in [0, 0.1) is 0 Å². The molecule has 1 aromatic rings. The van der Waals surface area contributed by atoms with Crippen molar-refractivity contribution in [3.63, 3.8) is 0 Å². The molecule has 0 unspecified atom stereocenters. The molecule has 1 fully saturated rings. The minimum Gasteiger partial charge on any atom is -0.481 e. The largest absolute Gasteiger partial charge is 0.481 e. The predicted molar refractivity (Wildman–Crippen MR) is 57.6 cm³/mol. The summed E-state index contributed by atoms with van der Waals surface area (Å²) in [5, 5.41) is 9.14. The van der Waals surface area contributed by atoms with Crippen molar-refractivity contribution >= 4 is 21.9 Å². The predicted octanol–water partition coefficient (Wildman–Crippen LogP) is 3.20. The topological polar surface area (TPSA) is 37.3 Å². The van der Waals surface area contributed by atoms with Gasteiger partial charge in [-0.1, -0.05) is 34.1 Å². The second kappa shape index (κ2) is 3.52. The molecule has 0 aromatic heterocycles. The van der Waals surface area contributed by atoms with Crippen LogP contribution in [-0.4, -0.2) is 17.0 Å². The zero-order valence-electron chi connectivity index (χ0n) is 8.21. The number of benzene rings is 1. The molecule has 0 spiro atoms. The molecule has 0 bridgehead atoms. The first kappa shape index (κ1) is 11.5. The Bertz CT molecular complexity index is 437. The van der Waals surface area contributed by atoms with Gasteiger partial charge in [-0.15, -0.1) is 0 Å². The number of rotatable bonds is 2. The van der Waals surface area contributed by atoms with Crippen molar-refractivity contribution in [1.29, 1.82) is 0 Å². The summed E-state index contributed by atoms with van der Waals surface area (Å²) in [6, 6.07) is 6.62. The fraction of sp³-hybridized carbons (Fsp3) is 0.364. The maximum atomic E-state index is 12.9. The van der Waals surface area contributed by atoms with Gasteiger partial charge in [0, 0.05) is 17.3 Å². The van der Waals surface area contributed by atoms with E-state index in [4.69, 9.17) is 5.11 Å². The Balaban J connectivity index is 2.44. The molecule has 1 aliphatic rings. The first-order chi connectivity index (χ1) is 7.37. The second-order valence-corrected chi connectivity index (χ2v) is 4.93. The zero-order valence-corrected chi connectivity index (χ0v) is 9.80. The molecule has 1 saturated carbocycles. The van der Waals surface area contributed by atoms with E-state index in [1.807, 2.05) is 0 Å². The van der Waals surface area contributed by atoms with Crippen LogP contribution in [-0.2, 0) is 10.2 Å². The van der Waals surface area contributed by atoms with Gasteiger partial charge < -0.3 is 5.11 Å². The molecule has 0 saturated heterocycles. The third kappa shape index (κ3) is 1.63. The summed E-state index contributed by atoms with van der Waals surface area (Å²) in [4.78, 5) is 11.2. The third-order valence-electron chi connectivity index (χ3n) is 2.92. The highest BCUT2D eigenvalue weighted by Gasteiger charge is 2.62. The highest BCUT2D eigenvalue weighted by Crippen LogP contribution is 2.54. The molecule has 0 aliphatic heterocycles. The maximum absolute atomic E-state index is 12.9. The highest BCUT2D eigenvalue weighted by molar-refractivity contribution is 9.10. The van der Waals surface area contributed by atoms with E-state index in [1.54, 1.807) is 24.3 Å². The van der Waals surface area contributed by atoms with Crippen LogP contribution in [0.25, 0.3) is 0 Å². The number of hydrogen-bond acceptors (Lipinski definition) is 1. The Hall–Kier alpha value is -0.970. The van der Waals surface area contributed by atoms with Gasteiger partial charge in [0.25, 0.3) is 5.92 Å². The van der Waals surface area contributed by atoms with Gasteiger partial charge >= 0.3 is 5.97 Å². The Morgan fingerprint density at radius 3 is 2.31 bits per heavy atom. The lowest BCUT2D eigenvalue weighted by Crippen LogP contribution is -2.54. The van der Waals surface area contributed by atoms with Gasteiger partial charge in [-0.25, -0.2) is 8.78 Å². The van der Waals surface area contributed by atoms with E-state index in [2.05, 4.69) is 15.9 Å². The van der Waals surface area contributed by atoms with Gasteiger partial charge in [0.2, 0.25) is 0 Å². The number of alkyl halides is 2. The lowest BCUT2D eigenvalue weighted by molar-refractivity contribution is -0.174. The van der Waals surface area contributed by atoms with E-state index in [0.717, 1.165) is 0 Å². The molecule has 86 valence electrons. The molecule has 0 radical (unpaired) electrons. The van der Waals surface area contributed by atoms with Crippen LogP contribution in [0.3, 0.4) is 0 Å².